The van der Waals surface area contributed by atoms with Crippen LogP contribution in [0.2, 0.25) is 0 Å². The molecule has 1 spiro atoms. The highest BCUT2D eigenvalue weighted by Gasteiger charge is 2.55. The summed E-state index contributed by atoms with van der Waals surface area (Å²) in [5.41, 5.74) is 11.9. The second-order valence-electron chi connectivity index (χ2n) is 9.77. The van der Waals surface area contributed by atoms with Gasteiger partial charge in [0.1, 0.15) is 11.5 Å². The molecule has 0 amide bonds. The van der Waals surface area contributed by atoms with E-state index in [0.29, 0.717) is 0 Å². The Morgan fingerprint density at radius 1 is 0.486 bits per heavy atom. The molecule has 1 aromatic heterocycles. The number of rotatable bonds is 2. The first-order valence-corrected chi connectivity index (χ1v) is 13.4. The Morgan fingerprint density at radius 2 is 1.03 bits per heavy atom. The van der Waals surface area contributed by atoms with Crippen LogP contribution < -0.4 is 0 Å². The number of hydrogen-bond acceptors (Lipinski definition) is 1. The van der Waals surface area contributed by atoms with Gasteiger partial charge >= 0.3 is 0 Å². The summed E-state index contributed by atoms with van der Waals surface area (Å²) in [7, 11) is 0. The Morgan fingerprint density at radius 3 is 1.73 bits per heavy atom. The average molecular weight is 537 g/mol. The molecule has 0 aliphatic heterocycles. The molecule has 2 aliphatic carbocycles. The maximum absolute atomic E-state index is 6.95. The van der Waals surface area contributed by atoms with Gasteiger partial charge in [0.05, 0.1) is 5.41 Å². The van der Waals surface area contributed by atoms with Crippen molar-refractivity contribution < 1.29 is 4.42 Å². The Labute approximate surface area is 224 Å². The van der Waals surface area contributed by atoms with Crippen LogP contribution in [0.5, 0.6) is 0 Å². The first-order chi connectivity index (χ1) is 18.3. The minimum absolute atomic E-state index is 0.469. The molecule has 0 saturated carbocycles. The van der Waals surface area contributed by atoms with E-state index in [-0.39, 0.29) is 0 Å². The van der Waals surface area contributed by atoms with E-state index in [4.69, 9.17) is 4.42 Å². The Bertz CT molecular complexity index is 1830. The molecule has 6 aromatic rings. The summed E-state index contributed by atoms with van der Waals surface area (Å²) in [4.78, 5) is 0. The molecular formula is C35H21BrO. The molecule has 0 bridgehead atoms. The lowest BCUT2D eigenvalue weighted by Crippen LogP contribution is -2.26. The van der Waals surface area contributed by atoms with Crippen molar-refractivity contribution in [1.29, 1.82) is 0 Å². The largest absolute Gasteiger partial charge is 0.455 e. The van der Waals surface area contributed by atoms with Gasteiger partial charge in [0.15, 0.2) is 0 Å². The van der Waals surface area contributed by atoms with E-state index >= 15 is 0 Å². The van der Waals surface area contributed by atoms with Crippen LogP contribution in [-0.2, 0) is 5.41 Å². The molecule has 8 rings (SSSR count). The molecule has 174 valence electrons. The van der Waals surface area contributed by atoms with Crippen LogP contribution >= 0.6 is 15.9 Å². The lowest BCUT2D eigenvalue weighted by Gasteiger charge is -2.30. The quantitative estimate of drug-likeness (QED) is 0.214. The fourth-order valence-electron chi connectivity index (χ4n) is 6.61. The molecule has 1 nitrogen and oxygen atoms in total. The van der Waals surface area contributed by atoms with Gasteiger partial charge in [0, 0.05) is 26.7 Å². The maximum Gasteiger partial charge on any atom is 0.142 e. The van der Waals surface area contributed by atoms with Gasteiger partial charge in [-0.2, -0.15) is 0 Å². The molecule has 37 heavy (non-hydrogen) atoms. The highest BCUT2D eigenvalue weighted by Crippen LogP contribution is 2.66. The summed E-state index contributed by atoms with van der Waals surface area (Å²) >= 11 is 3.80. The monoisotopic (exact) mass is 536 g/mol. The maximum atomic E-state index is 6.95. The van der Waals surface area contributed by atoms with Crippen molar-refractivity contribution in [3.8, 4) is 44.9 Å². The minimum atomic E-state index is -0.469. The Kier molecular flexibility index (Phi) is 4.36. The molecular weight excluding hydrogens is 516 g/mol. The van der Waals surface area contributed by atoms with Gasteiger partial charge in [-0.3, -0.25) is 0 Å². The van der Waals surface area contributed by atoms with E-state index in [9.17, 15) is 0 Å². The SMILES string of the molecule is Brc1ccc2c(c1)C1(c3ccccc3-2)c2ccccc2-c2c(-c3ccccc3)oc(-c3ccccc3)c21. The normalized spacial score (nSPS) is 16.4. The van der Waals surface area contributed by atoms with Crippen LogP contribution in [-0.4, -0.2) is 0 Å². The highest BCUT2D eigenvalue weighted by atomic mass is 79.9. The van der Waals surface area contributed by atoms with E-state index in [0.717, 1.165) is 27.1 Å². The first-order valence-electron chi connectivity index (χ1n) is 12.6. The van der Waals surface area contributed by atoms with Gasteiger partial charge in [-0.05, 0) is 45.5 Å². The van der Waals surface area contributed by atoms with Crippen LogP contribution in [0, 0.1) is 0 Å². The average Bonchev–Trinajstić information content (AvgIpc) is 3.58. The molecule has 0 N–H and O–H groups in total. The highest BCUT2D eigenvalue weighted by molar-refractivity contribution is 9.10. The topological polar surface area (TPSA) is 13.1 Å². The summed E-state index contributed by atoms with van der Waals surface area (Å²) < 4.78 is 8.03. The summed E-state index contributed by atoms with van der Waals surface area (Å²) in [6.07, 6.45) is 0. The predicted octanol–water partition coefficient (Wildman–Crippen LogP) is 9.72. The molecule has 1 heterocycles. The van der Waals surface area contributed by atoms with E-state index in [2.05, 4.69) is 143 Å². The number of fused-ring (bicyclic) bond motifs is 10. The Balaban J connectivity index is 1.61. The van der Waals surface area contributed by atoms with Crippen molar-refractivity contribution in [2.45, 2.75) is 5.41 Å². The van der Waals surface area contributed by atoms with Crippen molar-refractivity contribution in [2.24, 2.45) is 0 Å². The van der Waals surface area contributed by atoms with Crippen LogP contribution in [0.25, 0.3) is 44.9 Å². The molecule has 2 aliphatic rings. The van der Waals surface area contributed by atoms with Crippen LogP contribution in [0.1, 0.15) is 22.3 Å². The van der Waals surface area contributed by atoms with Crippen molar-refractivity contribution in [1.82, 2.24) is 0 Å². The van der Waals surface area contributed by atoms with Gasteiger partial charge in [-0.25, -0.2) is 0 Å². The smallest absolute Gasteiger partial charge is 0.142 e. The third-order valence-electron chi connectivity index (χ3n) is 7.96. The standard InChI is InChI=1S/C35H21BrO/c36-24-19-20-26-25-15-7-9-17-28(25)35(30(26)21-24)29-18-10-8-16-27(29)31-32(35)34(23-13-5-2-6-14-23)37-33(31)22-11-3-1-4-12-22/h1-21H. The summed E-state index contributed by atoms with van der Waals surface area (Å²) in [5.74, 6) is 1.87. The van der Waals surface area contributed by atoms with Crippen molar-refractivity contribution in [2.75, 3.05) is 0 Å². The third-order valence-corrected chi connectivity index (χ3v) is 8.46. The van der Waals surface area contributed by atoms with Gasteiger partial charge in [0.2, 0.25) is 0 Å². The lowest BCUT2D eigenvalue weighted by atomic mass is 9.70. The first kappa shape index (κ1) is 21.0. The second kappa shape index (κ2) is 7.68. The summed E-state index contributed by atoms with van der Waals surface area (Å²) in [5, 5.41) is 0. The number of furan rings is 1. The van der Waals surface area contributed by atoms with Gasteiger partial charge < -0.3 is 4.42 Å². The third kappa shape index (κ3) is 2.68. The second-order valence-corrected chi connectivity index (χ2v) is 10.7. The van der Waals surface area contributed by atoms with Gasteiger partial charge in [-0.15, -0.1) is 0 Å². The molecule has 0 radical (unpaired) electrons. The van der Waals surface area contributed by atoms with Crippen LogP contribution in [0.15, 0.2) is 136 Å². The fourth-order valence-corrected chi connectivity index (χ4v) is 6.97. The molecule has 2 heteroatoms. The van der Waals surface area contributed by atoms with Crippen molar-refractivity contribution in [3.63, 3.8) is 0 Å². The van der Waals surface area contributed by atoms with Gasteiger partial charge in [0.25, 0.3) is 0 Å². The van der Waals surface area contributed by atoms with E-state index in [1.54, 1.807) is 0 Å². The lowest BCUT2D eigenvalue weighted by molar-refractivity contribution is 0.588. The molecule has 5 aromatic carbocycles. The number of halogens is 1. The zero-order valence-electron chi connectivity index (χ0n) is 19.9. The zero-order chi connectivity index (χ0) is 24.6. The van der Waals surface area contributed by atoms with E-state index in [1.807, 2.05) is 0 Å². The van der Waals surface area contributed by atoms with E-state index < -0.39 is 5.41 Å². The van der Waals surface area contributed by atoms with E-state index in [1.165, 1.54) is 44.5 Å². The fraction of sp³-hybridized carbons (Fsp3) is 0.0286. The predicted molar refractivity (Wildman–Crippen MR) is 154 cm³/mol. The zero-order valence-corrected chi connectivity index (χ0v) is 21.5. The summed E-state index contributed by atoms with van der Waals surface area (Å²) in [6, 6.07) is 45.6. The van der Waals surface area contributed by atoms with Crippen LogP contribution in [0.3, 0.4) is 0 Å². The van der Waals surface area contributed by atoms with Gasteiger partial charge in [-0.1, -0.05) is 131 Å². The van der Waals surface area contributed by atoms with Crippen molar-refractivity contribution in [3.05, 3.63) is 154 Å². The molecule has 0 saturated heterocycles. The number of hydrogen-bond donors (Lipinski definition) is 0. The molecule has 0 fully saturated rings. The molecule has 1 atom stereocenters. The Hall–Kier alpha value is -4.14. The summed E-state index contributed by atoms with van der Waals surface area (Å²) in [6.45, 7) is 0. The van der Waals surface area contributed by atoms with Crippen LogP contribution in [0.4, 0.5) is 0 Å². The molecule has 1 unspecified atom stereocenters. The minimum Gasteiger partial charge on any atom is -0.455 e. The number of benzene rings is 5. The van der Waals surface area contributed by atoms with Crippen molar-refractivity contribution >= 4 is 15.9 Å².